The molecule has 5 nitrogen and oxygen atoms in total. The summed E-state index contributed by atoms with van der Waals surface area (Å²) < 4.78 is 0. The van der Waals surface area contributed by atoms with E-state index in [0.29, 0.717) is 17.8 Å². The topological polar surface area (TPSA) is 52.7 Å². The highest BCUT2D eigenvalue weighted by Crippen LogP contribution is 2.25. The molecule has 2 aromatic rings. The monoisotopic (exact) mass is 337 g/mol. The van der Waals surface area contributed by atoms with E-state index in [-0.39, 0.29) is 17.9 Å². The maximum atomic E-state index is 12.8. The van der Waals surface area contributed by atoms with Crippen molar-refractivity contribution >= 4 is 17.5 Å². The van der Waals surface area contributed by atoms with Crippen LogP contribution in [0.2, 0.25) is 0 Å². The maximum Gasteiger partial charge on any atom is 0.322 e. The number of urea groups is 1. The fraction of sp³-hybridized carbons (Fsp3) is 0.300. The number of anilines is 1. The second-order valence-electron chi connectivity index (χ2n) is 6.45. The number of rotatable bonds is 3. The summed E-state index contributed by atoms with van der Waals surface area (Å²) in [5, 5.41) is 2.95. The number of ketones is 1. The largest absolute Gasteiger partial charge is 0.322 e. The predicted octanol–water partition coefficient (Wildman–Crippen LogP) is 3.41. The van der Waals surface area contributed by atoms with Crippen molar-refractivity contribution in [3.63, 3.8) is 0 Å². The van der Waals surface area contributed by atoms with Crippen molar-refractivity contribution < 1.29 is 9.59 Å². The third-order valence-corrected chi connectivity index (χ3v) is 4.57. The summed E-state index contributed by atoms with van der Waals surface area (Å²) >= 11 is 0. The van der Waals surface area contributed by atoms with Crippen LogP contribution in [0.25, 0.3) is 0 Å². The number of Topliss-reactive ketones (excluding diaryl/α,β-unsaturated/α-hetero) is 1. The lowest BCUT2D eigenvalue weighted by Gasteiger charge is -2.40. The summed E-state index contributed by atoms with van der Waals surface area (Å²) in [6.45, 7) is 3.86. The van der Waals surface area contributed by atoms with E-state index in [0.717, 1.165) is 18.7 Å². The fourth-order valence-corrected chi connectivity index (χ4v) is 3.11. The number of carbonyl (C=O) groups is 2. The lowest BCUT2D eigenvalue weighted by Crippen LogP contribution is -2.50. The van der Waals surface area contributed by atoms with E-state index >= 15 is 0 Å². The van der Waals surface area contributed by atoms with Crippen molar-refractivity contribution in [2.45, 2.75) is 13.0 Å². The van der Waals surface area contributed by atoms with E-state index < -0.39 is 0 Å². The molecule has 2 aromatic carbocycles. The van der Waals surface area contributed by atoms with Crippen molar-refractivity contribution in [1.29, 1.82) is 0 Å². The molecule has 0 aromatic heterocycles. The molecule has 1 atom stereocenters. The lowest BCUT2D eigenvalue weighted by atomic mass is 10.0. The number of nitrogens with zero attached hydrogens (tertiary/aromatic N) is 2. The van der Waals surface area contributed by atoms with E-state index in [9.17, 15) is 9.59 Å². The van der Waals surface area contributed by atoms with Crippen molar-refractivity contribution in [3.8, 4) is 0 Å². The molecular weight excluding hydrogens is 314 g/mol. The van der Waals surface area contributed by atoms with Crippen molar-refractivity contribution in [3.05, 3.63) is 65.7 Å². The summed E-state index contributed by atoms with van der Waals surface area (Å²) in [6, 6.07) is 17.0. The Kier molecular flexibility index (Phi) is 5.14. The maximum absolute atomic E-state index is 12.8. The zero-order valence-corrected chi connectivity index (χ0v) is 14.6. The summed E-state index contributed by atoms with van der Waals surface area (Å²) in [6.07, 6.45) is 0. The van der Waals surface area contributed by atoms with Crippen LogP contribution in [0.1, 0.15) is 28.9 Å². The van der Waals surface area contributed by atoms with Crippen LogP contribution in [0, 0.1) is 0 Å². The minimum absolute atomic E-state index is 0.0149. The molecule has 1 aliphatic rings. The molecule has 2 amide bonds. The Morgan fingerprint density at radius 3 is 2.32 bits per heavy atom. The molecule has 1 aliphatic heterocycles. The number of hydrogen-bond acceptors (Lipinski definition) is 3. The average molecular weight is 337 g/mol. The molecule has 1 heterocycles. The Morgan fingerprint density at radius 1 is 1.00 bits per heavy atom. The molecule has 1 fully saturated rings. The first kappa shape index (κ1) is 17.2. The summed E-state index contributed by atoms with van der Waals surface area (Å²) in [4.78, 5) is 28.3. The summed E-state index contributed by atoms with van der Waals surface area (Å²) in [5.74, 6) is 0.0149. The van der Waals surface area contributed by atoms with E-state index in [2.05, 4.69) is 29.4 Å². The van der Waals surface area contributed by atoms with E-state index in [1.54, 1.807) is 24.3 Å². The molecule has 0 radical (unpaired) electrons. The van der Waals surface area contributed by atoms with E-state index in [4.69, 9.17) is 0 Å². The number of amides is 2. The SMILES string of the molecule is CC(=O)c1ccc(NC(=O)N2CCN(C)CC2c2ccccc2)cc1. The van der Waals surface area contributed by atoms with Gasteiger partial charge in [-0.1, -0.05) is 30.3 Å². The number of carbonyl (C=O) groups excluding carboxylic acids is 2. The molecule has 1 saturated heterocycles. The Bertz CT molecular complexity index is 743. The van der Waals surface area contributed by atoms with Gasteiger partial charge in [-0.15, -0.1) is 0 Å². The summed E-state index contributed by atoms with van der Waals surface area (Å²) in [7, 11) is 2.08. The van der Waals surface area contributed by atoms with Gasteiger partial charge in [-0.3, -0.25) is 4.79 Å². The molecular formula is C20H23N3O2. The molecule has 0 saturated carbocycles. The second kappa shape index (κ2) is 7.49. The van der Waals surface area contributed by atoms with E-state index in [1.807, 2.05) is 23.1 Å². The van der Waals surface area contributed by atoms with Crippen molar-refractivity contribution in [2.24, 2.45) is 0 Å². The van der Waals surface area contributed by atoms with Crippen LogP contribution in [0.4, 0.5) is 10.5 Å². The molecule has 0 bridgehead atoms. The van der Waals surface area contributed by atoms with Gasteiger partial charge >= 0.3 is 6.03 Å². The highest BCUT2D eigenvalue weighted by molar-refractivity contribution is 5.95. The van der Waals surface area contributed by atoms with Crippen LogP contribution in [-0.2, 0) is 0 Å². The van der Waals surface area contributed by atoms with Gasteiger partial charge in [-0.05, 0) is 43.8 Å². The van der Waals surface area contributed by atoms with Gasteiger partial charge < -0.3 is 15.1 Å². The number of hydrogen-bond donors (Lipinski definition) is 1. The molecule has 1 unspecified atom stereocenters. The molecule has 1 N–H and O–H groups in total. The lowest BCUT2D eigenvalue weighted by molar-refractivity contribution is 0.101. The number of piperazine rings is 1. The quantitative estimate of drug-likeness (QED) is 0.873. The number of benzene rings is 2. The third-order valence-electron chi connectivity index (χ3n) is 4.57. The van der Waals surface area contributed by atoms with Gasteiger partial charge in [0.2, 0.25) is 0 Å². The van der Waals surface area contributed by atoms with Gasteiger partial charge in [0.25, 0.3) is 0 Å². The average Bonchev–Trinajstić information content (AvgIpc) is 2.62. The van der Waals surface area contributed by atoms with Gasteiger partial charge in [-0.25, -0.2) is 4.79 Å². The Morgan fingerprint density at radius 2 is 1.68 bits per heavy atom. The fourth-order valence-electron chi connectivity index (χ4n) is 3.11. The molecule has 5 heteroatoms. The highest BCUT2D eigenvalue weighted by Gasteiger charge is 2.30. The summed E-state index contributed by atoms with van der Waals surface area (Å²) in [5.41, 5.74) is 2.47. The van der Waals surface area contributed by atoms with Crippen molar-refractivity contribution in [1.82, 2.24) is 9.80 Å². The standard InChI is InChI=1S/C20H23N3O2/c1-15(24)16-8-10-18(11-9-16)21-20(25)23-13-12-22(2)14-19(23)17-6-4-3-5-7-17/h3-11,19H,12-14H2,1-2H3,(H,21,25). The smallest absolute Gasteiger partial charge is 0.315 e. The first-order valence-corrected chi connectivity index (χ1v) is 8.46. The minimum atomic E-state index is -0.113. The van der Waals surface area contributed by atoms with Crippen molar-refractivity contribution in [2.75, 3.05) is 32.0 Å². The predicted molar refractivity (Wildman–Crippen MR) is 98.9 cm³/mol. The zero-order valence-electron chi connectivity index (χ0n) is 14.6. The Labute approximate surface area is 148 Å². The Hall–Kier alpha value is -2.66. The highest BCUT2D eigenvalue weighted by atomic mass is 16.2. The second-order valence-corrected chi connectivity index (χ2v) is 6.45. The van der Waals surface area contributed by atoms with Crippen LogP contribution in [0.15, 0.2) is 54.6 Å². The van der Waals surface area contributed by atoms with Gasteiger partial charge in [-0.2, -0.15) is 0 Å². The first-order chi connectivity index (χ1) is 12.0. The van der Waals surface area contributed by atoms with Gasteiger partial charge in [0, 0.05) is 30.9 Å². The molecule has 25 heavy (non-hydrogen) atoms. The first-order valence-electron chi connectivity index (χ1n) is 8.46. The Balaban J connectivity index is 1.75. The number of likely N-dealkylation sites (N-methyl/N-ethyl adjacent to an activating group) is 1. The molecule has 0 aliphatic carbocycles. The minimum Gasteiger partial charge on any atom is -0.315 e. The van der Waals surface area contributed by atoms with Crippen LogP contribution in [0.5, 0.6) is 0 Å². The zero-order chi connectivity index (χ0) is 17.8. The number of nitrogens with one attached hydrogen (secondary N) is 1. The van der Waals surface area contributed by atoms with Gasteiger partial charge in [0.15, 0.2) is 5.78 Å². The van der Waals surface area contributed by atoms with Crippen LogP contribution >= 0.6 is 0 Å². The van der Waals surface area contributed by atoms with Gasteiger partial charge in [0.1, 0.15) is 0 Å². The van der Waals surface area contributed by atoms with Crippen LogP contribution in [-0.4, -0.2) is 48.3 Å². The van der Waals surface area contributed by atoms with Crippen LogP contribution < -0.4 is 5.32 Å². The molecule has 3 rings (SSSR count). The third kappa shape index (κ3) is 4.06. The van der Waals surface area contributed by atoms with E-state index in [1.165, 1.54) is 6.92 Å². The van der Waals surface area contributed by atoms with Gasteiger partial charge in [0.05, 0.1) is 6.04 Å². The molecule has 130 valence electrons. The normalized spacial score (nSPS) is 18.0. The van der Waals surface area contributed by atoms with Crippen LogP contribution in [0.3, 0.4) is 0 Å². The molecule has 0 spiro atoms.